The summed E-state index contributed by atoms with van der Waals surface area (Å²) in [5.41, 5.74) is 0.356. The SMILES string of the molecule is CC(C)N1CCO[C@H](C(C)(C)CC2CC2)C1. The topological polar surface area (TPSA) is 12.5 Å². The maximum absolute atomic E-state index is 6.01. The Balaban J connectivity index is 1.91. The number of ether oxygens (including phenoxy) is 1. The average Bonchev–Trinajstić information content (AvgIpc) is 3.01. The second-order valence-corrected chi connectivity index (χ2v) is 6.58. The predicted octanol–water partition coefficient (Wildman–Crippen LogP) is 2.92. The van der Waals surface area contributed by atoms with Crippen LogP contribution < -0.4 is 0 Å². The van der Waals surface area contributed by atoms with Crippen molar-refractivity contribution in [1.29, 1.82) is 0 Å². The quantitative estimate of drug-likeness (QED) is 0.729. The molecule has 0 unspecified atom stereocenters. The van der Waals surface area contributed by atoms with Crippen LogP contribution in [0.1, 0.15) is 47.0 Å². The highest BCUT2D eigenvalue weighted by Gasteiger charge is 2.38. The van der Waals surface area contributed by atoms with E-state index in [0.29, 0.717) is 17.6 Å². The molecule has 1 saturated heterocycles. The second kappa shape index (κ2) is 4.66. The van der Waals surface area contributed by atoms with Crippen molar-refractivity contribution >= 4 is 0 Å². The fraction of sp³-hybridized carbons (Fsp3) is 1.00. The molecule has 0 amide bonds. The minimum Gasteiger partial charge on any atom is -0.375 e. The van der Waals surface area contributed by atoms with Gasteiger partial charge in [0.25, 0.3) is 0 Å². The van der Waals surface area contributed by atoms with Gasteiger partial charge in [-0.2, -0.15) is 0 Å². The molecular formula is C14H27NO. The lowest BCUT2D eigenvalue weighted by atomic mass is 9.80. The van der Waals surface area contributed by atoms with Gasteiger partial charge in [-0.25, -0.2) is 0 Å². The van der Waals surface area contributed by atoms with Crippen LogP contribution in [0.3, 0.4) is 0 Å². The van der Waals surface area contributed by atoms with Crippen LogP contribution in [0.15, 0.2) is 0 Å². The smallest absolute Gasteiger partial charge is 0.0753 e. The molecular weight excluding hydrogens is 198 g/mol. The lowest BCUT2D eigenvalue weighted by molar-refractivity contribution is -0.0956. The standard InChI is InChI=1S/C14H27NO/c1-11(2)15-7-8-16-13(10-15)14(3,4)9-12-5-6-12/h11-13H,5-10H2,1-4H3/t13-/m0/s1. The van der Waals surface area contributed by atoms with Crippen LogP contribution in [0.2, 0.25) is 0 Å². The van der Waals surface area contributed by atoms with Gasteiger partial charge in [0.05, 0.1) is 12.7 Å². The van der Waals surface area contributed by atoms with Crippen LogP contribution in [0.4, 0.5) is 0 Å². The van der Waals surface area contributed by atoms with Crippen molar-refractivity contribution < 1.29 is 4.74 Å². The summed E-state index contributed by atoms with van der Waals surface area (Å²) in [7, 11) is 0. The lowest BCUT2D eigenvalue weighted by Crippen LogP contribution is -2.51. The molecule has 1 heterocycles. The molecule has 94 valence electrons. The van der Waals surface area contributed by atoms with Gasteiger partial charge in [0.15, 0.2) is 0 Å². The Morgan fingerprint density at radius 3 is 2.56 bits per heavy atom. The van der Waals surface area contributed by atoms with Gasteiger partial charge in [0.1, 0.15) is 0 Å². The van der Waals surface area contributed by atoms with Crippen LogP contribution in [-0.2, 0) is 4.74 Å². The predicted molar refractivity (Wildman–Crippen MR) is 67.6 cm³/mol. The Kier molecular flexibility index (Phi) is 3.60. The van der Waals surface area contributed by atoms with Crippen molar-refractivity contribution in [1.82, 2.24) is 4.90 Å². The summed E-state index contributed by atoms with van der Waals surface area (Å²) in [6.07, 6.45) is 4.68. The first-order chi connectivity index (χ1) is 7.49. The van der Waals surface area contributed by atoms with E-state index in [1.807, 2.05) is 0 Å². The normalized spacial score (nSPS) is 28.7. The van der Waals surface area contributed by atoms with Gasteiger partial charge in [-0.3, -0.25) is 4.90 Å². The number of hydrogen-bond acceptors (Lipinski definition) is 2. The highest BCUT2D eigenvalue weighted by Crippen LogP contribution is 2.43. The Labute approximate surface area is 100 Å². The van der Waals surface area contributed by atoms with Crippen LogP contribution >= 0.6 is 0 Å². The first-order valence-electron chi connectivity index (χ1n) is 6.84. The molecule has 0 N–H and O–H groups in total. The number of morpholine rings is 1. The van der Waals surface area contributed by atoms with Crippen molar-refractivity contribution in [2.75, 3.05) is 19.7 Å². The molecule has 0 bridgehead atoms. The number of nitrogens with zero attached hydrogens (tertiary/aromatic N) is 1. The van der Waals surface area contributed by atoms with E-state index < -0.39 is 0 Å². The molecule has 0 aromatic rings. The fourth-order valence-corrected chi connectivity index (χ4v) is 2.81. The van der Waals surface area contributed by atoms with Gasteiger partial charge >= 0.3 is 0 Å². The monoisotopic (exact) mass is 225 g/mol. The Hall–Kier alpha value is -0.0800. The van der Waals surface area contributed by atoms with Crippen molar-refractivity contribution in [2.24, 2.45) is 11.3 Å². The molecule has 2 nitrogen and oxygen atoms in total. The number of rotatable bonds is 4. The molecule has 0 spiro atoms. The Bertz CT molecular complexity index is 233. The minimum atomic E-state index is 0.356. The molecule has 2 rings (SSSR count). The molecule has 0 radical (unpaired) electrons. The Morgan fingerprint density at radius 1 is 1.31 bits per heavy atom. The van der Waals surface area contributed by atoms with Crippen molar-refractivity contribution in [2.45, 2.75) is 59.1 Å². The first-order valence-corrected chi connectivity index (χ1v) is 6.84. The van der Waals surface area contributed by atoms with Crippen LogP contribution in [0.5, 0.6) is 0 Å². The van der Waals surface area contributed by atoms with Gasteiger partial charge in [0.2, 0.25) is 0 Å². The second-order valence-electron chi connectivity index (χ2n) is 6.58. The fourth-order valence-electron chi connectivity index (χ4n) is 2.81. The highest BCUT2D eigenvalue weighted by molar-refractivity contribution is 4.90. The van der Waals surface area contributed by atoms with Gasteiger partial charge in [-0.05, 0) is 31.6 Å². The van der Waals surface area contributed by atoms with E-state index in [2.05, 4.69) is 32.6 Å². The lowest BCUT2D eigenvalue weighted by Gasteiger charge is -2.43. The van der Waals surface area contributed by atoms with E-state index in [1.165, 1.54) is 19.3 Å². The largest absolute Gasteiger partial charge is 0.375 e. The van der Waals surface area contributed by atoms with Gasteiger partial charge in [-0.1, -0.05) is 26.7 Å². The molecule has 1 atom stereocenters. The molecule has 1 saturated carbocycles. The van der Waals surface area contributed by atoms with E-state index in [1.54, 1.807) is 0 Å². The van der Waals surface area contributed by atoms with Gasteiger partial charge in [0, 0.05) is 19.1 Å². The van der Waals surface area contributed by atoms with Gasteiger partial charge in [-0.15, -0.1) is 0 Å². The summed E-state index contributed by atoms with van der Waals surface area (Å²) in [6.45, 7) is 12.5. The zero-order valence-electron chi connectivity index (χ0n) is 11.3. The maximum atomic E-state index is 6.01. The molecule has 2 heteroatoms. The van der Waals surface area contributed by atoms with Crippen LogP contribution in [-0.4, -0.2) is 36.7 Å². The summed E-state index contributed by atoms with van der Waals surface area (Å²) in [5, 5.41) is 0. The third-order valence-electron chi connectivity index (χ3n) is 4.21. The third-order valence-corrected chi connectivity index (χ3v) is 4.21. The van der Waals surface area contributed by atoms with E-state index in [9.17, 15) is 0 Å². The molecule has 1 aliphatic carbocycles. The zero-order chi connectivity index (χ0) is 11.8. The number of hydrogen-bond donors (Lipinski definition) is 0. The van der Waals surface area contributed by atoms with E-state index in [-0.39, 0.29) is 0 Å². The average molecular weight is 225 g/mol. The van der Waals surface area contributed by atoms with Crippen LogP contribution in [0.25, 0.3) is 0 Å². The van der Waals surface area contributed by atoms with Gasteiger partial charge < -0.3 is 4.74 Å². The first kappa shape index (κ1) is 12.4. The van der Waals surface area contributed by atoms with E-state index >= 15 is 0 Å². The van der Waals surface area contributed by atoms with E-state index in [4.69, 9.17) is 4.74 Å². The summed E-state index contributed by atoms with van der Waals surface area (Å²) < 4.78 is 6.01. The summed E-state index contributed by atoms with van der Waals surface area (Å²) in [5.74, 6) is 0.994. The molecule has 1 aliphatic heterocycles. The van der Waals surface area contributed by atoms with Crippen molar-refractivity contribution in [3.05, 3.63) is 0 Å². The summed E-state index contributed by atoms with van der Waals surface area (Å²) in [4.78, 5) is 2.56. The van der Waals surface area contributed by atoms with Crippen molar-refractivity contribution in [3.63, 3.8) is 0 Å². The van der Waals surface area contributed by atoms with E-state index in [0.717, 1.165) is 25.6 Å². The molecule has 2 aliphatic rings. The molecule has 0 aromatic heterocycles. The highest BCUT2D eigenvalue weighted by atomic mass is 16.5. The maximum Gasteiger partial charge on any atom is 0.0753 e. The molecule has 2 fully saturated rings. The van der Waals surface area contributed by atoms with Crippen molar-refractivity contribution in [3.8, 4) is 0 Å². The zero-order valence-corrected chi connectivity index (χ0v) is 11.3. The molecule has 0 aromatic carbocycles. The summed E-state index contributed by atoms with van der Waals surface area (Å²) >= 11 is 0. The molecule has 16 heavy (non-hydrogen) atoms. The third kappa shape index (κ3) is 2.98. The van der Waals surface area contributed by atoms with Crippen LogP contribution in [0, 0.1) is 11.3 Å². The Morgan fingerprint density at radius 2 is 2.00 bits per heavy atom. The summed E-state index contributed by atoms with van der Waals surface area (Å²) in [6, 6.07) is 0.656. The minimum absolute atomic E-state index is 0.356.